The summed E-state index contributed by atoms with van der Waals surface area (Å²) in [6.07, 6.45) is 1.47. The normalized spacial score (nSPS) is 12.2. The van der Waals surface area contributed by atoms with E-state index < -0.39 is 7.60 Å². The molecule has 0 aromatic heterocycles. The maximum absolute atomic E-state index is 12.5. The maximum atomic E-state index is 12.5. The van der Waals surface area contributed by atoms with Crippen LogP contribution in [0, 0.1) is 11.3 Å². The highest BCUT2D eigenvalue weighted by atomic mass is 35.5. The molecule has 0 saturated carbocycles. The largest absolute Gasteiger partial charge is 0.371 e. The second-order valence-electron chi connectivity index (χ2n) is 3.53. The fourth-order valence-corrected chi connectivity index (χ4v) is 3.10. The molecule has 0 spiro atoms. The lowest BCUT2D eigenvalue weighted by atomic mass is 10.2. The number of rotatable bonds is 6. The number of benzene rings is 1. The molecule has 1 aromatic carbocycles. The van der Waals surface area contributed by atoms with E-state index in [9.17, 15) is 4.57 Å². The molecule has 0 amide bonds. The molecule has 0 bridgehead atoms. The highest BCUT2D eigenvalue weighted by Gasteiger charge is 2.29. The van der Waals surface area contributed by atoms with Crippen molar-refractivity contribution >= 4 is 25.3 Å². The molecule has 0 aliphatic rings. The van der Waals surface area contributed by atoms with Crippen molar-refractivity contribution < 1.29 is 13.6 Å². The van der Waals surface area contributed by atoms with Crippen molar-refractivity contribution in [3.8, 4) is 6.07 Å². The molecule has 0 saturated heterocycles. The molecule has 0 heterocycles. The molecule has 0 radical (unpaired) electrons. The van der Waals surface area contributed by atoms with Crippen molar-refractivity contribution in [2.24, 2.45) is 0 Å². The standard InChI is InChI=1S/C13H15ClNO3P/c1-3-17-19(16,18-4-2)13(10-15)9-11-6-5-7-12(14)8-11/h5-9H,3-4H2,1-2H3/b13-9-. The van der Waals surface area contributed by atoms with E-state index in [1.807, 2.05) is 6.07 Å². The van der Waals surface area contributed by atoms with Crippen LogP contribution in [0.25, 0.3) is 6.08 Å². The van der Waals surface area contributed by atoms with Gasteiger partial charge >= 0.3 is 7.60 Å². The summed E-state index contributed by atoms with van der Waals surface area (Å²) in [5, 5.41) is 9.67. The lowest BCUT2D eigenvalue weighted by Gasteiger charge is -2.15. The number of hydrogen-bond acceptors (Lipinski definition) is 4. The van der Waals surface area contributed by atoms with E-state index in [0.717, 1.165) is 0 Å². The fraction of sp³-hybridized carbons (Fsp3) is 0.308. The van der Waals surface area contributed by atoms with Crippen molar-refractivity contribution in [3.05, 3.63) is 40.2 Å². The molecule has 0 fully saturated rings. The Bertz CT molecular complexity index is 541. The number of nitriles is 1. The first-order valence-electron chi connectivity index (χ1n) is 5.82. The van der Waals surface area contributed by atoms with Crippen molar-refractivity contribution in [2.45, 2.75) is 13.8 Å². The minimum atomic E-state index is -3.55. The molecule has 1 aromatic rings. The fourth-order valence-electron chi connectivity index (χ4n) is 1.44. The van der Waals surface area contributed by atoms with E-state index in [-0.39, 0.29) is 18.5 Å². The summed E-state index contributed by atoms with van der Waals surface area (Å²) in [7, 11) is -3.55. The predicted octanol–water partition coefficient (Wildman–Crippen LogP) is 4.47. The Labute approximate surface area is 118 Å². The van der Waals surface area contributed by atoms with Crippen LogP contribution in [0.3, 0.4) is 0 Å². The summed E-state index contributed by atoms with van der Waals surface area (Å²) in [6.45, 7) is 3.79. The lowest BCUT2D eigenvalue weighted by Crippen LogP contribution is -1.97. The third-order valence-electron chi connectivity index (χ3n) is 2.16. The van der Waals surface area contributed by atoms with Gasteiger partial charge in [0.1, 0.15) is 11.4 Å². The van der Waals surface area contributed by atoms with Gasteiger partial charge in [-0.2, -0.15) is 5.26 Å². The van der Waals surface area contributed by atoms with Crippen LogP contribution >= 0.6 is 19.2 Å². The summed E-state index contributed by atoms with van der Waals surface area (Å²) >= 11 is 5.86. The summed E-state index contributed by atoms with van der Waals surface area (Å²) in [4.78, 5) is 0. The zero-order valence-corrected chi connectivity index (χ0v) is 12.4. The Balaban J connectivity index is 3.18. The number of hydrogen-bond donors (Lipinski definition) is 0. The van der Waals surface area contributed by atoms with Gasteiger partial charge in [-0.3, -0.25) is 4.57 Å². The summed E-state index contributed by atoms with van der Waals surface area (Å²) in [5.74, 6) is 0. The Kier molecular flexibility index (Phi) is 6.27. The minimum absolute atomic E-state index is 0.0292. The van der Waals surface area contributed by atoms with Crippen LogP contribution in [0.4, 0.5) is 0 Å². The SMILES string of the molecule is CCOP(=O)(OCC)/C(C#N)=C\c1cccc(Cl)c1. The monoisotopic (exact) mass is 299 g/mol. The molecule has 0 aliphatic heterocycles. The van der Waals surface area contributed by atoms with Gasteiger partial charge in [-0.1, -0.05) is 23.7 Å². The predicted molar refractivity (Wildman–Crippen MR) is 75.9 cm³/mol. The molecule has 0 N–H and O–H groups in total. The first kappa shape index (κ1) is 15.9. The van der Waals surface area contributed by atoms with E-state index in [1.54, 1.807) is 38.1 Å². The molecule has 102 valence electrons. The van der Waals surface area contributed by atoms with Gasteiger partial charge in [0.25, 0.3) is 0 Å². The van der Waals surface area contributed by atoms with Gasteiger partial charge in [0.2, 0.25) is 0 Å². The molecule has 19 heavy (non-hydrogen) atoms. The average Bonchev–Trinajstić information content (AvgIpc) is 2.36. The molecule has 0 atom stereocenters. The summed E-state index contributed by atoms with van der Waals surface area (Å²) < 4.78 is 22.7. The highest BCUT2D eigenvalue weighted by molar-refractivity contribution is 7.59. The van der Waals surface area contributed by atoms with E-state index in [4.69, 9.17) is 25.9 Å². The molecule has 0 unspecified atom stereocenters. The van der Waals surface area contributed by atoms with Crippen molar-refractivity contribution in [1.29, 1.82) is 5.26 Å². The highest BCUT2D eigenvalue weighted by Crippen LogP contribution is 2.56. The van der Waals surface area contributed by atoms with Gasteiger partial charge in [-0.15, -0.1) is 0 Å². The molecule has 1 rings (SSSR count). The Morgan fingerprint density at radius 3 is 2.53 bits per heavy atom. The van der Waals surface area contributed by atoms with Gasteiger partial charge in [-0.05, 0) is 37.6 Å². The number of nitrogens with zero attached hydrogens (tertiary/aromatic N) is 1. The van der Waals surface area contributed by atoms with Gasteiger partial charge in [0, 0.05) is 5.02 Å². The third-order valence-corrected chi connectivity index (χ3v) is 4.41. The van der Waals surface area contributed by atoms with Crippen LogP contribution in [0.5, 0.6) is 0 Å². The van der Waals surface area contributed by atoms with Crippen LogP contribution in [0.15, 0.2) is 29.6 Å². The second kappa shape index (κ2) is 7.47. The summed E-state index contributed by atoms with van der Waals surface area (Å²) in [6, 6.07) is 8.77. The Hall–Kier alpha value is -1.11. The van der Waals surface area contributed by atoms with Gasteiger partial charge < -0.3 is 9.05 Å². The quantitative estimate of drug-likeness (QED) is 0.574. The second-order valence-corrected chi connectivity index (χ2v) is 5.96. The number of halogens is 1. The van der Waals surface area contributed by atoms with E-state index in [2.05, 4.69) is 0 Å². The maximum Gasteiger partial charge on any atom is 0.371 e. The van der Waals surface area contributed by atoms with Gasteiger partial charge in [0.15, 0.2) is 0 Å². The van der Waals surface area contributed by atoms with E-state index in [0.29, 0.717) is 10.6 Å². The van der Waals surface area contributed by atoms with Crippen molar-refractivity contribution in [2.75, 3.05) is 13.2 Å². The zero-order valence-electron chi connectivity index (χ0n) is 10.8. The van der Waals surface area contributed by atoms with Gasteiger partial charge in [-0.25, -0.2) is 0 Å². The summed E-state index contributed by atoms with van der Waals surface area (Å²) in [5.41, 5.74) is 0.670. The van der Waals surface area contributed by atoms with E-state index >= 15 is 0 Å². The van der Waals surface area contributed by atoms with Crippen LogP contribution < -0.4 is 0 Å². The molecular weight excluding hydrogens is 285 g/mol. The number of allylic oxidation sites excluding steroid dienone is 1. The molecule has 0 aliphatic carbocycles. The first-order chi connectivity index (χ1) is 9.05. The molecule has 4 nitrogen and oxygen atoms in total. The van der Waals surface area contributed by atoms with Crippen LogP contribution in [-0.4, -0.2) is 13.2 Å². The van der Waals surface area contributed by atoms with Gasteiger partial charge in [0.05, 0.1) is 13.2 Å². The van der Waals surface area contributed by atoms with Crippen LogP contribution in [0.1, 0.15) is 19.4 Å². The molecular formula is C13H15ClNO3P. The Morgan fingerprint density at radius 2 is 2.05 bits per heavy atom. The van der Waals surface area contributed by atoms with E-state index in [1.165, 1.54) is 6.08 Å². The smallest absolute Gasteiger partial charge is 0.305 e. The average molecular weight is 300 g/mol. The zero-order chi connectivity index (χ0) is 14.3. The first-order valence-corrected chi connectivity index (χ1v) is 7.74. The van der Waals surface area contributed by atoms with Crippen LogP contribution in [0.2, 0.25) is 5.02 Å². The molecule has 6 heteroatoms. The van der Waals surface area contributed by atoms with Crippen molar-refractivity contribution in [3.63, 3.8) is 0 Å². The lowest BCUT2D eigenvalue weighted by molar-refractivity contribution is 0.227. The topological polar surface area (TPSA) is 59.3 Å². The Morgan fingerprint density at radius 1 is 1.42 bits per heavy atom. The van der Waals surface area contributed by atoms with Crippen molar-refractivity contribution in [1.82, 2.24) is 0 Å². The van der Waals surface area contributed by atoms with Crippen LogP contribution in [-0.2, 0) is 13.6 Å². The third kappa shape index (κ3) is 4.49. The minimum Gasteiger partial charge on any atom is -0.305 e.